The Morgan fingerprint density at radius 2 is 1.13 bits per heavy atom. The van der Waals surface area contributed by atoms with E-state index < -0.39 is 0 Å². The predicted molar refractivity (Wildman–Crippen MR) is 192 cm³/mol. The smallest absolute Gasteiger partial charge is 0.136 e. The molecular weight excluding hydrogens is 572 g/mol. The minimum Gasteiger partial charge on any atom is -0.456 e. The Morgan fingerprint density at radius 1 is 0.468 bits per heavy atom. The highest BCUT2D eigenvalue weighted by atomic mass is 16.5. The van der Waals surface area contributed by atoms with Crippen molar-refractivity contribution in [1.29, 1.82) is 5.26 Å². The second-order valence-electron chi connectivity index (χ2n) is 12.2. The van der Waals surface area contributed by atoms with Crippen molar-refractivity contribution in [2.24, 2.45) is 0 Å². The first-order valence-corrected chi connectivity index (χ1v) is 15.8. The third-order valence-corrected chi connectivity index (χ3v) is 9.72. The number of hydrogen-bond donors (Lipinski definition) is 0. The van der Waals surface area contributed by atoms with Crippen molar-refractivity contribution >= 4 is 43.1 Å². The van der Waals surface area contributed by atoms with E-state index in [-0.39, 0.29) is 0 Å². The Kier molecular flexibility index (Phi) is 5.35. The van der Waals surface area contributed by atoms with E-state index >= 15 is 0 Å². The fourth-order valence-corrected chi connectivity index (χ4v) is 7.56. The average molecular weight is 597 g/mol. The molecule has 8 aromatic carbocycles. The molecule has 1 aliphatic rings. The van der Waals surface area contributed by atoms with Crippen LogP contribution in [0.5, 0.6) is 11.5 Å². The molecule has 9 aromatic rings. The third kappa shape index (κ3) is 3.76. The quantitative estimate of drug-likeness (QED) is 0.191. The molecule has 0 N–H and O–H groups in total. The topological polar surface area (TPSA) is 45.9 Å². The molecule has 47 heavy (non-hydrogen) atoms. The van der Waals surface area contributed by atoms with Crippen molar-refractivity contribution in [3.8, 4) is 62.2 Å². The lowest BCUT2D eigenvalue weighted by Gasteiger charge is -2.22. The maximum Gasteiger partial charge on any atom is 0.136 e. The van der Waals surface area contributed by atoms with Crippen LogP contribution in [0.25, 0.3) is 87.7 Å². The van der Waals surface area contributed by atoms with E-state index in [1.807, 2.05) is 36.5 Å². The maximum atomic E-state index is 9.40. The molecule has 0 saturated carbocycles. The van der Waals surface area contributed by atoms with Gasteiger partial charge in [-0.25, -0.2) is 0 Å². The van der Waals surface area contributed by atoms with E-state index in [0.717, 1.165) is 50.0 Å². The van der Waals surface area contributed by atoms with Gasteiger partial charge in [0.05, 0.1) is 17.3 Å². The summed E-state index contributed by atoms with van der Waals surface area (Å²) in [5.41, 5.74) is 9.40. The van der Waals surface area contributed by atoms with Crippen LogP contribution in [-0.4, -0.2) is 4.98 Å². The van der Waals surface area contributed by atoms with Crippen molar-refractivity contribution in [2.75, 3.05) is 0 Å². The number of rotatable bonds is 3. The number of ether oxygens (including phenoxy) is 1. The highest BCUT2D eigenvalue weighted by Crippen LogP contribution is 2.49. The fraction of sp³-hybridized carbons (Fsp3) is 0. The zero-order valence-electron chi connectivity index (χ0n) is 25.2. The summed E-state index contributed by atoms with van der Waals surface area (Å²) in [5, 5.41) is 19.1. The van der Waals surface area contributed by atoms with Gasteiger partial charge in [0.2, 0.25) is 0 Å². The summed E-state index contributed by atoms with van der Waals surface area (Å²) in [6.07, 6.45) is 1.99. The number of pyridine rings is 1. The van der Waals surface area contributed by atoms with Crippen LogP contribution in [0.4, 0.5) is 0 Å². The van der Waals surface area contributed by atoms with Gasteiger partial charge in [-0.05, 0) is 90.3 Å². The standard InChI is InChI=1S/C44H24N2O/c45-24-26-9-15-34-38-21-20-32(35-7-4-8-40(44(35)38)47-41(34)23-26)30-14-22-39(46-25-30)33-17-11-29-12-18-36-31(27-5-2-1-3-6-27)16-10-28-13-19-37(33)43(29)42(28)36/h1-23,25H. The van der Waals surface area contributed by atoms with Crippen LogP contribution in [0, 0.1) is 11.3 Å². The SMILES string of the molecule is N#Cc1ccc2c(c1)Oc1cccc3c(-c4ccc(-c5ccc6ccc7c(-c8ccccc8)ccc8ccc5c6c87)nc4)ccc-2c13. The van der Waals surface area contributed by atoms with E-state index in [2.05, 4.69) is 115 Å². The minimum absolute atomic E-state index is 0.587. The van der Waals surface area contributed by atoms with Gasteiger partial charge in [-0.15, -0.1) is 0 Å². The Morgan fingerprint density at radius 3 is 1.89 bits per heavy atom. The van der Waals surface area contributed by atoms with E-state index in [9.17, 15) is 5.26 Å². The molecule has 0 aliphatic carbocycles. The molecule has 2 heterocycles. The van der Waals surface area contributed by atoms with Crippen molar-refractivity contribution in [2.45, 2.75) is 0 Å². The monoisotopic (exact) mass is 596 g/mol. The molecule has 1 aromatic heterocycles. The van der Waals surface area contributed by atoms with Crippen molar-refractivity contribution in [3.05, 3.63) is 151 Å². The molecule has 0 unspecified atom stereocenters. The van der Waals surface area contributed by atoms with Gasteiger partial charge < -0.3 is 4.74 Å². The maximum absolute atomic E-state index is 9.40. The molecule has 0 amide bonds. The molecule has 10 rings (SSSR count). The highest BCUT2D eigenvalue weighted by molar-refractivity contribution is 6.27. The highest BCUT2D eigenvalue weighted by Gasteiger charge is 2.22. The first-order chi connectivity index (χ1) is 23.2. The molecule has 0 atom stereocenters. The van der Waals surface area contributed by atoms with E-state index in [4.69, 9.17) is 9.72 Å². The molecule has 0 saturated heterocycles. The third-order valence-electron chi connectivity index (χ3n) is 9.72. The van der Waals surface area contributed by atoms with Crippen LogP contribution < -0.4 is 4.74 Å². The van der Waals surface area contributed by atoms with Crippen molar-refractivity contribution < 1.29 is 4.74 Å². The van der Waals surface area contributed by atoms with Crippen molar-refractivity contribution in [3.63, 3.8) is 0 Å². The molecule has 3 heteroatoms. The lowest BCUT2D eigenvalue weighted by Crippen LogP contribution is -1.98. The van der Waals surface area contributed by atoms with Crippen LogP contribution in [0.15, 0.2) is 146 Å². The molecule has 3 nitrogen and oxygen atoms in total. The zero-order valence-corrected chi connectivity index (χ0v) is 25.2. The van der Waals surface area contributed by atoms with E-state index in [0.29, 0.717) is 11.3 Å². The van der Waals surface area contributed by atoms with Crippen LogP contribution >= 0.6 is 0 Å². The van der Waals surface area contributed by atoms with Gasteiger partial charge in [-0.3, -0.25) is 4.98 Å². The Hall–Kier alpha value is -6.50. The first-order valence-electron chi connectivity index (χ1n) is 15.8. The lowest BCUT2D eigenvalue weighted by molar-refractivity contribution is 0.487. The van der Waals surface area contributed by atoms with E-state index in [1.54, 1.807) is 0 Å². The number of aromatic nitrogens is 1. The van der Waals surface area contributed by atoms with Gasteiger partial charge in [0, 0.05) is 28.3 Å². The molecule has 216 valence electrons. The van der Waals surface area contributed by atoms with Gasteiger partial charge in [0.25, 0.3) is 0 Å². The van der Waals surface area contributed by atoms with E-state index in [1.165, 1.54) is 43.4 Å². The van der Waals surface area contributed by atoms with Gasteiger partial charge in [0.15, 0.2) is 0 Å². The van der Waals surface area contributed by atoms with Gasteiger partial charge in [-0.1, -0.05) is 109 Å². The lowest BCUT2D eigenvalue weighted by atomic mass is 9.88. The Balaban J connectivity index is 1.10. The number of nitriles is 1. The first kappa shape index (κ1) is 25.8. The number of fused-ring (bicyclic) bond motifs is 2. The summed E-state index contributed by atoms with van der Waals surface area (Å²) in [7, 11) is 0. The fourth-order valence-electron chi connectivity index (χ4n) is 7.56. The van der Waals surface area contributed by atoms with Gasteiger partial charge >= 0.3 is 0 Å². The number of benzene rings is 8. The molecular formula is C44H24N2O. The van der Waals surface area contributed by atoms with Crippen LogP contribution in [0.2, 0.25) is 0 Å². The van der Waals surface area contributed by atoms with Crippen LogP contribution in [-0.2, 0) is 0 Å². The summed E-state index contributed by atoms with van der Waals surface area (Å²) in [5.74, 6) is 1.52. The largest absolute Gasteiger partial charge is 0.456 e. The second-order valence-corrected chi connectivity index (χ2v) is 12.2. The molecule has 1 aliphatic heterocycles. The number of hydrogen-bond acceptors (Lipinski definition) is 3. The molecule has 0 spiro atoms. The van der Waals surface area contributed by atoms with Gasteiger partial charge in [0.1, 0.15) is 11.5 Å². The summed E-state index contributed by atoms with van der Waals surface area (Å²) in [6.45, 7) is 0. The van der Waals surface area contributed by atoms with Crippen molar-refractivity contribution in [1.82, 2.24) is 4.98 Å². The summed E-state index contributed by atoms with van der Waals surface area (Å²) in [6, 6.07) is 51.3. The summed E-state index contributed by atoms with van der Waals surface area (Å²) in [4.78, 5) is 5.05. The Bertz CT molecular complexity index is 2760. The summed E-state index contributed by atoms with van der Waals surface area (Å²) < 4.78 is 6.31. The van der Waals surface area contributed by atoms with Gasteiger partial charge in [-0.2, -0.15) is 5.26 Å². The average Bonchev–Trinajstić information content (AvgIpc) is 3.14. The molecule has 0 bridgehead atoms. The molecule has 0 fully saturated rings. The van der Waals surface area contributed by atoms with Crippen LogP contribution in [0.1, 0.15) is 5.56 Å². The predicted octanol–water partition coefficient (Wildman–Crippen LogP) is 11.8. The Labute approximate surface area is 270 Å². The zero-order chi connectivity index (χ0) is 31.1. The number of nitrogens with zero attached hydrogens (tertiary/aromatic N) is 2. The molecule has 0 radical (unpaired) electrons. The summed E-state index contributed by atoms with van der Waals surface area (Å²) >= 11 is 0. The minimum atomic E-state index is 0.587. The normalized spacial score (nSPS) is 12.0. The second kappa shape index (κ2) is 9.75. The van der Waals surface area contributed by atoms with Crippen LogP contribution in [0.3, 0.4) is 0 Å².